The van der Waals surface area contributed by atoms with Crippen molar-refractivity contribution in [3.63, 3.8) is 0 Å². The highest BCUT2D eigenvalue weighted by atomic mass is 16.5. The highest BCUT2D eigenvalue weighted by Crippen LogP contribution is 2.27. The number of para-hydroxylation sites is 1. The molecule has 5 heteroatoms. The number of ether oxygens (including phenoxy) is 1. The number of allylic oxidation sites excluding steroid dienone is 3. The molecule has 1 aromatic rings. The van der Waals surface area contributed by atoms with Crippen molar-refractivity contribution >= 4 is 23.5 Å². The number of amidine groups is 1. The summed E-state index contributed by atoms with van der Waals surface area (Å²) in [6.45, 7) is 0.352. The van der Waals surface area contributed by atoms with Crippen LogP contribution in [0.25, 0.3) is 6.08 Å². The molecule has 0 spiro atoms. The number of nitriles is 1. The van der Waals surface area contributed by atoms with Crippen molar-refractivity contribution in [3.8, 4) is 11.8 Å². The van der Waals surface area contributed by atoms with Gasteiger partial charge in [-0.3, -0.25) is 4.79 Å². The van der Waals surface area contributed by atoms with Crippen molar-refractivity contribution in [3.05, 3.63) is 71.4 Å². The van der Waals surface area contributed by atoms with E-state index in [1.165, 1.54) is 0 Å². The van der Waals surface area contributed by atoms with Crippen LogP contribution in [0.15, 0.2) is 75.8 Å². The monoisotopic (exact) mass is 327 g/mol. The van der Waals surface area contributed by atoms with Gasteiger partial charge in [0.1, 0.15) is 24.3 Å². The summed E-state index contributed by atoms with van der Waals surface area (Å²) < 4.78 is 5.69. The molecule has 25 heavy (non-hydrogen) atoms. The molecule has 0 saturated heterocycles. The third kappa shape index (κ3) is 2.86. The average molecular weight is 327 g/mol. The number of rotatable bonds is 2. The van der Waals surface area contributed by atoms with Crippen LogP contribution in [-0.4, -0.2) is 24.1 Å². The van der Waals surface area contributed by atoms with Crippen LogP contribution in [0.1, 0.15) is 5.56 Å². The lowest BCUT2D eigenvalue weighted by atomic mass is 9.96. The van der Waals surface area contributed by atoms with Gasteiger partial charge in [-0.15, -0.1) is 0 Å². The van der Waals surface area contributed by atoms with E-state index in [-0.39, 0.29) is 17.3 Å². The predicted octanol–water partition coefficient (Wildman–Crippen LogP) is 3.03. The molecular formula is C20H13N3O2. The minimum Gasteiger partial charge on any atom is -0.488 e. The lowest BCUT2D eigenvalue weighted by Crippen LogP contribution is -2.27. The van der Waals surface area contributed by atoms with E-state index in [0.29, 0.717) is 12.3 Å². The van der Waals surface area contributed by atoms with Gasteiger partial charge in [0.2, 0.25) is 0 Å². The number of fused-ring (bicyclic) bond motifs is 2. The van der Waals surface area contributed by atoms with Gasteiger partial charge in [-0.2, -0.15) is 10.3 Å². The zero-order valence-corrected chi connectivity index (χ0v) is 13.2. The molecule has 120 valence electrons. The molecule has 0 saturated carbocycles. The fourth-order valence-corrected chi connectivity index (χ4v) is 2.84. The van der Waals surface area contributed by atoms with E-state index in [1.807, 2.05) is 36.4 Å². The average Bonchev–Trinajstić information content (AvgIpc) is 2.66. The first-order valence-corrected chi connectivity index (χ1v) is 7.85. The first kappa shape index (κ1) is 15.0. The highest BCUT2D eigenvalue weighted by molar-refractivity contribution is 6.25. The van der Waals surface area contributed by atoms with E-state index in [4.69, 9.17) is 4.74 Å². The van der Waals surface area contributed by atoms with Gasteiger partial charge in [0, 0.05) is 5.56 Å². The van der Waals surface area contributed by atoms with E-state index in [0.717, 1.165) is 16.9 Å². The summed E-state index contributed by atoms with van der Waals surface area (Å²) in [7, 11) is 0. The number of hydrogen-bond donors (Lipinski definition) is 0. The van der Waals surface area contributed by atoms with Gasteiger partial charge in [0.15, 0.2) is 5.84 Å². The molecule has 1 atom stereocenters. The lowest BCUT2D eigenvalue weighted by Gasteiger charge is -2.18. The van der Waals surface area contributed by atoms with Crippen molar-refractivity contribution < 1.29 is 9.53 Å². The van der Waals surface area contributed by atoms with Crippen molar-refractivity contribution in [1.82, 2.24) is 0 Å². The highest BCUT2D eigenvalue weighted by Gasteiger charge is 2.27. The van der Waals surface area contributed by atoms with Crippen LogP contribution in [0.2, 0.25) is 0 Å². The number of nitrogens with zero attached hydrogens (tertiary/aromatic N) is 3. The molecule has 0 fully saturated rings. The molecule has 0 N–H and O–H groups in total. The second kappa shape index (κ2) is 6.17. The summed E-state index contributed by atoms with van der Waals surface area (Å²) in [5.74, 6) is 0.211. The Morgan fingerprint density at radius 2 is 2.16 bits per heavy atom. The quantitative estimate of drug-likeness (QED) is 0.784. The number of carbonyl (C=O) groups is 1. The molecule has 1 amide bonds. The summed E-state index contributed by atoms with van der Waals surface area (Å²) in [5, 5.41) is 9.51. The Labute approximate surface area is 144 Å². The zero-order chi connectivity index (χ0) is 17.2. The zero-order valence-electron chi connectivity index (χ0n) is 13.2. The molecule has 2 aliphatic heterocycles. The molecule has 3 aliphatic rings. The minimum atomic E-state index is -0.446. The third-order valence-electron chi connectivity index (χ3n) is 4.06. The van der Waals surface area contributed by atoms with E-state index in [9.17, 15) is 10.1 Å². The smallest absolute Gasteiger partial charge is 0.260 e. The van der Waals surface area contributed by atoms with Crippen molar-refractivity contribution in [1.29, 1.82) is 5.26 Å². The topological polar surface area (TPSA) is 74.8 Å². The maximum absolute atomic E-state index is 12.2. The SMILES string of the molecule is N#C/C(=C\C1=Cc2ccccc2OC1)C1=NC(=O)C2C=CC=CC2=N1. The fraction of sp³-hybridized carbons (Fsp3) is 0.100. The molecular weight excluding hydrogens is 314 g/mol. The van der Waals surface area contributed by atoms with Crippen LogP contribution in [0.3, 0.4) is 0 Å². The summed E-state index contributed by atoms with van der Waals surface area (Å²) in [6.07, 6.45) is 10.8. The third-order valence-corrected chi connectivity index (χ3v) is 4.06. The molecule has 2 heterocycles. The summed E-state index contributed by atoms with van der Waals surface area (Å²) in [6, 6.07) is 9.77. The van der Waals surface area contributed by atoms with Crippen LogP contribution in [0.4, 0.5) is 0 Å². The predicted molar refractivity (Wildman–Crippen MR) is 95.3 cm³/mol. The number of carbonyl (C=O) groups excluding carboxylic acids is 1. The largest absolute Gasteiger partial charge is 0.488 e. The van der Waals surface area contributed by atoms with Gasteiger partial charge in [-0.1, -0.05) is 36.4 Å². The van der Waals surface area contributed by atoms with Crippen molar-refractivity contribution in [2.45, 2.75) is 0 Å². The Bertz CT molecular complexity index is 984. The first-order chi connectivity index (χ1) is 12.2. The Morgan fingerprint density at radius 3 is 3.04 bits per heavy atom. The fourth-order valence-electron chi connectivity index (χ4n) is 2.84. The Hall–Kier alpha value is -3.52. The van der Waals surface area contributed by atoms with Crippen LogP contribution in [0, 0.1) is 17.2 Å². The van der Waals surface area contributed by atoms with Crippen molar-refractivity contribution in [2.75, 3.05) is 6.61 Å². The lowest BCUT2D eigenvalue weighted by molar-refractivity contribution is -0.118. The molecule has 0 aromatic heterocycles. The van der Waals surface area contributed by atoms with Crippen LogP contribution in [-0.2, 0) is 4.79 Å². The molecule has 0 radical (unpaired) electrons. The van der Waals surface area contributed by atoms with Gasteiger partial charge >= 0.3 is 0 Å². The van der Waals surface area contributed by atoms with E-state index < -0.39 is 5.92 Å². The molecule has 1 aromatic carbocycles. The number of hydrogen-bond acceptors (Lipinski definition) is 4. The van der Waals surface area contributed by atoms with Crippen molar-refractivity contribution in [2.24, 2.45) is 15.9 Å². The first-order valence-electron chi connectivity index (χ1n) is 7.85. The van der Waals surface area contributed by atoms with Crippen LogP contribution < -0.4 is 4.74 Å². The summed E-state index contributed by atoms with van der Waals surface area (Å²) in [5.41, 5.74) is 2.63. The number of amides is 1. The number of aliphatic imine (C=N–C) groups is 2. The van der Waals surface area contributed by atoms with E-state index in [2.05, 4.69) is 16.1 Å². The normalized spacial score (nSPS) is 21.2. The molecule has 4 rings (SSSR count). The standard InChI is InChI=1S/C20H13N3O2/c21-11-15(10-13-9-14-5-1-4-8-18(14)25-12-13)19-22-17-7-3-2-6-16(17)20(24)23-19/h1-10,16H,12H2/b15-10+. The van der Waals surface area contributed by atoms with Gasteiger partial charge in [0.25, 0.3) is 5.91 Å². The van der Waals surface area contributed by atoms with Gasteiger partial charge < -0.3 is 4.74 Å². The Kier molecular flexibility index (Phi) is 3.71. The maximum Gasteiger partial charge on any atom is 0.260 e. The minimum absolute atomic E-state index is 0.151. The molecule has 1 aliphatic carbocycles. The molecule has 5 nitrogen and oxygen atoms in total. The van der Waals surface area contributed by atoms with Gasteiger partial charge in [0.05, 0.1) is 11.3 Å². The van der Waals surface area contributed by atoms with Crippen LogP contribution in [0.5, 0.6) is 5.75 Å². The summed E-state index contributed by atoms with van der Waals surface area (Å²) in [4.78, 5) is 20.6. The Balaban J connectivity index is 1.69. The second-order valence-electron chi connectivity index (χ2n) is 5.75. The number of benzene rings is 1. The van der Waals surface area contributed by atoms with E-state index in [1.54, 1.807) is 24.3 Å². The van der Waals surface area contributed by atoms with Gasteiger partial charge in [-0.25, -0.2) is 4.99 Å². The Morgan fingerprint density at radius 1 is 1.28 bits per heavy atom. The van der Waals surface area contributed by atoms with Gasteiger partial charge in [-0.05, 0) is 29.9 Å². The molecule has 0 bridgehead atoms. The molecule has 1 unspecified atom stereocenters. The van der Waals surface area contributed by atoms with E-state index >= 15 is 0 Å². The summed E-state index contributed by atoms with van der Waals surface area (Å²) >= 11 is 0. The maximum atomic E-state index is 12.2. The van der Waals surface area contributed by atoms with Crippen LogP contribution >= 0.6 is 0 Å². The second-order valence-corrected chi connectivity index (χ2v) is 5.75.